The molecule has 1 unspecified atom stereocenters. The van der Waals surface area contributed by atoms with Crippen molar-refractivity contribution in [2.75, 3.05) is 31.2 Å². The first-order valence-electron chi connectivity index (χ1n) is 5.92. The molecule has 23 heavy (non-hydrogen) atoms. The summed E-state index contributed by atoms with van der Waals surface area (Å²) in [5, 5.41) is 15.6. The number of rotatable bonds is 5. The zero-order chi connectivity index (χ0) is 17.6. The number of methoxy groups -OCH3 is 2. The molecule has 0 spiro atoms. The lowest BCUT2D eigenvalue weighted by Gasteiger charge is -2.12. The first kappa shape index (κ1) is 18.7. The minimum Gasteiger partial charge on any atom is -0.453 e. The summed E-state index contributed by atoms with van der Waals surface area (Å²) < 4.78 is 21.0. The Labute approximate surface area is 138 Å². The number of ether oxygens (including phenoxy) is 2. The zero-order valence-corrected chi connectivity index (χ0v) is 13.8. The fraction of sp³-hybridized carbons (Fsp3) is 0.273. The van der Waals surface area contributed by atoms with Gasteiger partial charge in [-0.3, -0.25) is 19.6 Å². The van der Waals surface area contributed by atoms with Crippen molar-refractivity contribution in [1.29, 1.82) is 0 Å². The Morgan fingerprint density at radius 3 is 2.65 bits per heavy atom. The minimum absolute atomic E-state index is 0.0629. The molecule has 1 aromatic carbocycles. The molecule has 0 saturated heterocycles. The van der Waals surface area contributed by atoms with E-state index in [9.17, 15) is 19.1 Å². The third-order valence-electron chi connectivity index (χ3n) is 2.48. The average molecular weight is 362 g/mol. The van der Waals surface area contributed by atoms with Gasteiger partial charge in [-0.05, 0) is 24.4 Å². The Morgan fingerprint density at radius 2 is 2.13 bits per heavy atom. The van der Waals surface area contributed by atoms with Crippen molar-refractivity contribution in [1.82, 2.24) is 5.32 Å². The summed E-state index contributed by atoms with van der Waals surface area (Å²) in [6, 6.07) is 2.63. The number of hydrogen-bond donors (Lipinski definition) is 3. The summed E-state index contributed by atoms with van der Waals surface area (Å²) >= 11 is 4.83. The Kier molecular flexibility index (Phi) is 6.81. The Balaban J connectivity index is 3.17. The molecule has 0 aliphatic rings. The molecule has 0 aliphatic heterocycles. The second kappa shape index (κ2) is 8.36. The van der Waals surface area contributed by atoms with Gasteiger partial charge in [-0.1, -0.05) is 0 Å². The van der Waals surface area contributed by atoms with Crippen LogP contribution in [0, 0.1) is 10.1 Å². The number of nitro groups is 1. The highest BCUT2D eigenvalue weighted by atomic mass is 32.2. The van der Waals surface area contributed by atoms with Crippen LogP contribution in [0.4, 0.5) is 21.9 Å². The summed E-state index contributed by atoms with van der Waals surface area (Å²) in [5.74, 6) is -0.156. The van der Waals surface area contributed by atoms with Crippen LogP contribution >= 0.6 is 12.2 Å². The number of anilines is 2. The van der Waals surface area contributed by atoms with Crippen LogP contribution in [0.2, 0.25) is 0 Å². The number of benzene rings is 1. The van der Waals surface area contributed by atoms with Crippen molar-refractivity contribution in [3.05, 3.63) is 22.2 Å². The first-order valence-corrected chi connectivity index (χ1v) is 7.64. The molecule has 0 fully saturated rings. The number of nitrogens with two attached hydrogens (primary N) is 1. The summed E-state index contributed by atoms with van der Waals surface area (Å²) in [6.07, 6.45) is -0.837. The van der Waals surface area contributed by atoms with E-state index in [0.717, 1.165) is 7.11 Å². The van der Waals surface area contributed by atoms with Gasteiger partial charge >= 0.3 is 11.8 Å². The van der Waals surface area contributed by atoms with Crippen LogP contribution in [-0.4, -0.2) is 40.5 Å². The number of nitro benzene ring substituents is 1. The van der Waals surface area contributed by atoms with E-state index in [1.54, 1.807) is 0 Å². The molecule has 1 rings (SSSR count). The first-order chi connectivity index (χ1) is 10.8. The maximum atomic E-state index is 11.9. The topological polar surface area (TPSA) is 146 Å². The number of hydrogen-bond acceptors (Lipinski definition) is 8. The quantitative estimate of drug-likeness (QED) is 0.301. The van der Waals surface area contributed by atoms with Gasteiger partial charge in [0.15, 0.2) is 5.11 Å². The third kappa shape index (κ3) is 4.84. The fourth-order valence-corrected chi connectivity index (χ4v) is 2.65. The predicted octanol–water partition coefficient (Wildman–Crippen LogP) is 0.941. The minimum atomic E-state index is -1.66. The second-order valence-corrected chi connectivity index (χ2v) is 5.73. The average Bonchev–Trinajstić information content (AvgIpc) is 2.46. The molecule has 1 amide bonds. The van der Waals surface area contributed by atoms with Crippen LogP contribution in [0.15, 0.2) is 17.0 Å². The van der Waals surface area contributed by atoms with Crippen molar-refractivity contribution in [2.24, 2.45) is 0 Å². The van der Waals surface area contributed by atoms with E-state index < -0.39 is 27.5 Å². The van der Waals surface area contributed by atoms with E-state index in [4.69, 9.17) is 22.7 Å². The van der Waals surface area contributed by atoms with Gasteiger partial charge in [-0.2, -0.15) is 0 Å². The number of carbonyl (C=O) groups is 1. The van der Waals surface area contributed by atoms with Gasteiger partial charge in [-0.25, -0.2) is 4.79 Å². The molecule has 1 atom stereocenters. The van der Waals surface area contributed by atoms with Crippen LogP contribution in [-0.2, 0) is 20.3 Å². The molecule has 4 N–H and O–H groups in total. The Morgan fingerprint density at radius 1 is 1.48 bits per heavy atom. The molecule has 12 heteroatoms. The van der Waals surface area contributed by atoms with E-state index in [0.29, 0.717) is 0 Å². The molecule has 0 aliphatic carbocycles. The van der Waals surface area contributed by atoms with E-state index >= 15 is 0 Å². The van der Waals surface area contributed by atoms with Crippen molar-refractivity contribution in [3.8, 4) is 0 Å². The summed E-state index contributed by atoms with van der Waals surface area (Å²) in [7, 11) is 0.824. The van der Waals surface area contributed by atoms with Gasteiger partial charge < -0.3 is 20.5 Å². The van der Waals surface area contributed by atoms with E-state index in [1.807, 2.05) is 0 Å². The van der Waals surface area contributed by atoms with Crippen LogP contribution in [0.5, 0.6) is 0 Å². The van der Waals surface area contributed by atoms with Crippen LogP contribution < -0.4 is 16.4 Å². The lowest BCUT2D eigenvalue weighted by molar-refractivity contribution is -0.383. The molecule has 0 radical (unpaired) electrons. The number of nitrogens with one attached hydrogen (secondary N) is 2. The molecule has 126 valence electrons. The number of nitrogens with zero attached hydrogens (tertiary/aromatic N) is 1. The molecule has 1 aromatic rings. The normalized spacial score (nSPS) is 11.4. The zero-order valence-electron chi connectivity index (χ0n) is 12.2. The third-order valence-corrected chi connectivity index (χ3v) is 3.98. The van der Waals surface area contributed by atoms with Crippen molar-refractivity contribution in [2.45, 2.75) is 4.90 Å². The number of alkyl carbamates (subject to hydrolysis) is 1. The summed E-state index contributed by atoms with van der Waals surface area (Å²) in [6.45, 7) is 0. The number of carbonyl (C=O) groups excluding carboxylic acids is 1. The van der Waals surface area contributed by atoms with E-state index in [2.05, 4.69) is 15.4 Å². The molecular formula is C11H14N4O6S2. The van der Waals surface area contributed by atoms with Crippen LogP contribution in [0.3, 0.4) is 0 Å². The molecule has 0 bridgehead atoms. The smallest absolute Gasteiger partial charge is 0.413 e. The van der Waals surface area contributed by atoms with Crippen LogP contribution in [0.25, 0.3) is 0 Å². The monoisotopic (exact) mass is 362 g/mol. The maximum Gasteiger partial charge on any atom is 0.413 e. The SMILES string of the molecule is COCS(=O)c1ccc(NC(=S)NC(=O)OC)c([N+](=O)[O-])c1N. The highest BCUT2D eigenvalue weighted by molar-refractivity contribution is 7.85. The number of amides is 1. The van der Waals surface area contributed by atoms with Crippen molar-refractivity contribution < 1.29 is 23.4 Å². The Bertz CT molecular complexity index is 666. The van der Waals surface area contributed by atoms with Gasteiger partial charge in [0.25, 0.3) is 0 Å². The van der Waals surface area contributed by atoms with E-state index in [1.165, 1.54) is 19.2 Å². The summed E-state index contributed by atoms with van der Waals surface area (Å²) in [4.78, 5) is 21.6. The Hall–Kier alpha value is -2.31. The predicted molar refractivity (Wildman–Crippen MR) is 87.6 cm³/mol. The lowest BCUT2D eigenvalue weighted by Crippen LogP contribution is -2.34. The molecule has 0 heterocycles. The fourth-order valence-electron chi connectivity index (χ4n) is 1.55. The van der Waals surface area contributed by atoms with Crippen LogP contribution in [0.1, 0.15) is 0 Å². The lowest BCUT2D eigenvalue weighted by atomic mass is 10.2. The van der Waals surface area contributed by atoms with Gasteiger partial charge in [0.1, 0.15) is 17.3 Å². The van der Waals surface area contributed by atoms with Crippen molar-refractivity contribution >= 4 is 51.3 Å². The highest BCUT2D eigenvalue weighted by Gasteiger charge is 2.24. The van der Waals surface area contributed by atoms with Gasteiger partial charge in [0.05, 0.1) is 27.7 Å². The maximum absolute atomic E-state index is 11.9. The summed E-state index contributed by atoms with van der Waals surface area (Å²) in [5.41, 5.74) is 4.88. The van der Waals surface area contributed by atoms with Crippen molar-refractivity contribution in [3.63, 3.8) is 0 Å². The van der Waals surface area contributed by atoms with Gasteiger partial charge in [-0.15, -0.1) is 0 Å². The van der Waals surface area contributed by atoms with Gasteiger partial charge in [0, 0.05) is 7.11 Å². The second-order valence-electron chi connectivity index (χ2n) is 3.95. The number of thiocarbonyl (C=S) groups is 1. The molecule has 0 aromatic heterocycles. The molecule has 10 nitrogen and oxygen atoms in total. The largest absolute Gasteiger partial charge is 0.453 e. The molecular weight excluding hydrogens is 348 g/mol. The van der Waals surface area contributed by atoms with E-state index in [-0.39, 0.29) is 27.3 Å². The standard InChI is InChI=1S/C11H14N4O6S2/c1-20-5-23(19)7-4-3-6(9(8(7)12)15(17)18)13-10(22)14-11(16)21-2/h3-4H,5,12H2,1-2H3,(H2,13,14,16,22). The van der Waals surface area contributed by atoms with Gasteiger partial charge in [0.2, 0.25) is 0 Å². The highest BCUT2D eigenvalue weighted by Crippen LogP contribution is 2.35. The molecule has 0 saturated carbocycles. The number of nitrogen functional groups attached to an aromatic ring is 1.